The van der Waals surface area contributed by atoms with Crippen molar-refractivity contribution in [1.82, 2.24) is 24.9 Å². The maximum atomic E-state index is 6.49. The first-order valence-corrected chi connectivity index (χ1v) is 10.9. The molecule has 0 radical (unpaired) electrons. The van der Waals surface area contributed by atoms with Gasteiger partial charge in [-0.3, -0.25) is 4.57 Å². The fourth-order valence-electron chi connectivity index (χ4n) is 3.24. The highest BCUT2D eigenvalue weighted by atomic mass is 35.5. The molecule has 148 valence electrons. The number of anilines is 1. The van der Waals surface area contributed by atoms with Crippen molar-refractivity contribution >= 4 is 29.3 Å². The maximum absolute atomic E-state index is 6.49. The molecule has 7 nitrogen and oxygen atoms in total. The molecule has 1 aliphatic heterocycles. The van der Waals surface area contributed by atoms with Crippen molar-refractivity contribution in [2.75, 3.05) is 18.0 Å². The summed E-state index contributed by atoms with van der Waals surface area (Å²) in [6.07, 6.45) is 3.14. The van der Waals surface area contributed by atoms with E-state index >= 15 is 0 Å². The van der Waals surface area contributed by atoms with Crippen LogP contribution in [0.4, 0.5) is 5.95 Å². The molecule has 0 spiro atoms. The van der Waals surface area contributed by atoms with Gasteiger partial charge >= 0.3 is 0 Å². The second-order valence-corrected chi connectivity index (χ2v) is 8.60. The number of halogens is 1. The Morgan fingerprint density at radius 2 is 1.96 bits per heavy atom. The molecular weight excluding hydrogens is 396 g/mol. The molecule has 3 aromatic rings. The zero-order valence-electron chi connectivity index (χ0n) is 16.0. The lowest BCUT2D eigenvalue weighted by atomic mass is 10.1. The Kier molecular flexibility index (Phi) is 5.87. The number of para-hydroxylation sites is 1. The van der Waals surface area contributed by atoms with E-state index < -0.39 is 0 Å². The second kappa shape index (κ2) is 8.53. The smallest absolute Gasteiger partial charge is 0.237 e. The predicted molar refractivity (Wildman–Crippen MR) is 110 cm³/mol. The average Bonchev–Trinajstić information content (AvgIpc) is 3.40. The molecule has 0 atom stereocenters. The Hall–Kier alpha value is -2.06. The Labute approximate surface area is 173 Å². The van der Waals surface area contributed by atoms with Gasteiger partial charge < -0.3 is 9.42 Å². The highest BCUT2D eigenvalue weighted by Crippen LogP contribution is 2.32. The molecule has 0 saturated carbocycles. The largest absolute Gasteiger partial charge is 0.341 e. The topological polar surface area (TPSA) is 72.9 Å². The Balaban J connectivity index is 1.60. The van der Waals surface area contributed by atoms with E-state index in [0.29, 0.717) is 22.6 Å². The lowest BCUT2D eigenvalue weighted by molar-refractivity contribution is 0.382. The summed E-state index contributed by atoms with van der Waals surface area (Å²) in [7, 11) is 0. The molecule has 0 bridgehead atoms. The van der Waals surface area contributed by atoms with Crippen molar-refractivity contribution in [3.63, 3.8) is 0 Å². The highest BCUT2D eigenvalue weighted by Gasteiger charge is 2.24. The van der Waals surface area contributed by atoms with Crippen LogP contribution >= 0.6 is 23.4 Å². The van der Waals surface area contributed by atoms with E-state index in [9.17, 15) is 0 Å². The number of rotatable bonds is 7. The van der Waals surface area contributed by atoms with Crippen molar-refractivity contribution < 1.29 is 4.52 Å². The third kappa shape index (κ3) is 4.17. The van der Waals surface area contributed by atoms with Crippen LogP contribution in [-0.2, 0) is 12.2 Å². The number of benzene rings is 1. The van der Waals surface area contributed by atoms with E-state index in [1.165, 1.54) is 24.6 Å². The summed E-state index contributed by atoms with van der Waals surface area (Å²) >= 11 is 8.01. The van der Waals surface area contributed by atoms with Crippen LogP contribution in [0.15, 0.2) is 33.9 Å². The fourth-order valence-corrected chi connectivity index (χ4v) is 4.24. The number of hydrogen-bond donors (Lipinski definition) is 0. The predicted octanol–water partition coefficient (Wildman–Crippen LogP) is 4.39. The number of thioether (sulfide) groups is 1. The summed E-state index contributed by atoms with van der Waals surface area (Å²) in [5, 5.41) is 14.4. The number of hydrogen-bond acceptors (Lipinski definition) is 7. The van der Waals surface area contributed by atoms with Crippen LogP contribution in [0.2, 0.25) is 5.02 Å². The van der Waals surface area contributed by atoms with Crippen LogP contribution in [0.5, 0.6) is 0 Å². The normalized spacial score (nSPS) is 14.4. The summed E-state index contributed by atoms with van der Waals surface area (Å²) in [5.74, 6) is 3.20. The SMILES string of the molecule is CC(C)Cc1noc(CSc2nnc(N3CCCC3)n2-c2ccccc2Cl)n1. The van der Waals surface area contributed by atoms with Gasteiger partial charge in [-0.15, -0.1) is 10.2 Å². The quantitative estimate of drug-likeness (QED) is 0.526. The van der Waals surface area contributed by atoms with Crippen molar-refractivity contribution in [3.05, 3.63) is 41.0 Å². The summed E-state index contributed by atoms with van der Waals surface area (Å²) < 4.78 is 7.42. The molecule has 9 heteroatoms. The molecule has 28 heavy (non-hydrogen) atoms. The van der Waals surface area contributed by atoms with Gasteiger partial charge in [0.05, 0.1) is 16.5 Å². The monoisotopic (exact) mass is 418 g/mol. The van der Waals surface area contributed by atoms with Crippen LogP contribution in [0, 0.1) is 5.92 Å². The van der Waals surface area contributed by atoms with Gasteiger partial charge in [0.2, 0.25) is 11.8 Å². The first kappa shape index (κ1) is 19.3. The molecule has 0 amide bonds. The lowest BCUT2D eigenvalue weighted by Gasteiger charge is -2.18. The molecule has 1 aromatic carbocycles. The summed E-state index contributed by atoms with van der Waals surface area (Å²) in [6, 6.07) is 7.77. The van der Waals surface area contributed by atoms with Gasteiger partial charge in [0.1, 0.15) is 0 Å². The van der Waals surface area contributed by atoms with E-state index in [2.05, 4.69) is 39.1 Å². The van der Waals surface area contributed by atoms with Crippen LogP contribution in [0.25, 0.3) is 5.69 Å². The van der Waals surface area contributed by atoms with Crippen molar-refractivity contribution in [2.45, 2.75) is 44.0 Å². The van der Waals surface area contributed by atoms with E-state index in [1.54, 1.807) is 0 Å². The number of aromatic nitrogens is 5. The molecule has 2 aromatic heterocycles. The molecule has 1 aliphatic rings. The first-order valence-electron chi connectivity index (χ1n) is 9.51. The molecule has 4 rings (SSSR count). The zero-order valence-corrected chi connectivity index (χ0v) is 17.6. The molecule has 1 fully saturated rings. The average molecular weight is 419 g/mol. The Morgan fingerprint density at radius 1 is 1.18 bits per heavy atom. The van der Waals surface area contributed by atoms with Crippen LogP contribution < -0.4 is 4.90 Å². The van der Waals surface area contributed by atoms with Gasteiger partial charge in [-0.2, -0.15) is 4.98 Å². The summed E-state index contributed by atoms with van der Waals surface area (Å²) in [4.78, 5) is 6.73. The first-order chi connectivity index (χ1) is 13.6. The minimum absolute atomic E-state index is 0.490. The van der Waals surface area contributed by atoms with Gasteiger partial charge in [0.15, 0.2) is 11.0 Å². The van der Waals surface area contributed by atoms with Crippen LogP contribution in [0.3, 0.4) is 0 Å². The van der Waals surface area contributed by atoms with E-state index in [0.717, 1.165) is 42.1 Å². The molecule has 0 unspecified atom stereocenters. The van der Waals surface area contributed by atoms with Crippen LogP contribution in [-0.4, -0.2) is 38.0 Å². The summed E-state index contributed by atoms with van der Waals surface area (Å²) in [6.45, 7) is 6.23. The number of nitrogens with zero attached hydrogens (tertiary/aromatic N) is 6. The minimum Gasteiger partial charge on any atom is -0.341 e. The van der Waals surface area contributed by atoms with Crippen molar-refractivity contribution in [1.29, 1.82) is 0 Å². The van der Waals surface area contributed by atoms with Crippen LogP contribution in [0.1, 0.15) is 38.4 Å². The third-order valence-electron chi connectivity index (χ3n) is 4.52. The summed E-state index contributed by atoms with van der Waals surface area (Å²) in [5.41, 5.74) is 0.879. The zero-order chi connectivity index (χ0) is 19.5. The fraction of sp³-hybridized carbons (Fsp3) is 0.474. The second-order valence-electron chi connectivity index (χ2n) is 7.25. The lowest BCUT2D eigenvalue weighted by Crippen LogP contribution is -2.22. The van der Waals surface area contributed by atoms with E-state index in [4.69, 9.17) is 16.1 Å². The standard InChI is InChI=1S/C19H23ClN6OS/c1-13(2)11-16-21-17(27-24-16)12-28-19-23-22-18(25-9-5-6-10-25)26(19)15-8-4-3-7-14(15)20/h3-4,7-8,13H,5-6,9-12H2,1-2H3. The molecule has 3 heterocycles. The van der Waals surface area contributed by atoms with Gasteiger partial charge in [0, 0.05) is 19.5 Å². The third-order valence-corrected chi connectivity index (χ3v) is 5.76. The van der Waals surface area contributed by atoms with Gasteiger partial charge in [-0.1, -0.05) is 54.5 Å². The molecule has 0 aliphatic carbocycles. The Bertz CT molecular complexity index is 934. The van der Waals surface area contributed by atoms with E-state index in [1.807, 2.05) is 28.8 Å². The van der Waals surface area contributed by atoms with Crippen molar-refractivity contribution in [3.8, 4) is 5.69 Å². The molecule has 0 N–H and O–H groups in total. The van der Waals surface area contributed by atoms with Crippen molar-refractivity contribution in [2.24, 2.45) is 5.92 Å². The van der Waals surface area contributed by atoms with Gasteiger partial charge in [0.25, 0.3) is 0 Å². The highest BCUT2D eigenvalue weighted by molar-refractivity contribution is 7.98. The van der Waals surface area contributed by atoms with Gasteiger partial charge in [-0.25, -0.2) is 0 Å². The minimum atomic E-state index is 0.490. The maximum Gasteiger partial charge on any atom is 0.237 e. The Morgan fingerprint density at radius 3 is 2.71 bits per heavy atom. The van der Waals surface area contributed by atoms with E-state index in [-0.39, 0.29) is 0 Å². The molecule has 1 saturated heterocycles. The molecular formula is C19H23ClN6OS. The van der Waals surface area contributed by atoms with Gasteiger partial charge in [-0.05, 0) is 30.9 Å².